The highest BCUT2D eigenvalue weighted by molar-refractivity contribution is 6.06. The maximum Gasteiger partial charge on any atom is 0.336 e. The molecule has 0 spiro atoms. The van der Waals surface area contributed by atoms with Crippen molar-refractivity contribution >= 4 is 34.6 Å². The zero-order chi connectivity index (χ0) is 19.9. The lowest BCUT2D eigenvalue weighted by Crippen LogP contribution is -2.42. The van der Waals surface area contributed by atoms with Gasteiger partial charge in [-0.1, -0.05) is 36.4 Å². The lowest BCUT2D eigenvalue weighted by molar-refractivity contribution is -0.170. The van der Waals surface area contributed by atoms with E-state index >= 15 is 0 Å². The van der Waals surface area contributed by atoms with Crippen LogP contribution in [0.5, 0.6) is 0 Å². The van der Waals surface area contributed by atoms with E-state index in [4.69, 9.17) is 26.2 Å². The van der Waals surface area contributed by atoms with E-state index in [-0.39, 0.29) is 5.91 Å². The maximum absolute atomic E-state index is 11.0. The summed E-state index contributed by atoms with van der Waals surface area (Å²) in [4.78, 5) is 41.5. The number of carboxylic acid groups (broad SMARTS) is 3. The van der Waals surface area contributed by atoms with Crippen molar-refractivity contribution in [1.29, 1.82) is 0 Å². The number of fused-ring (bicyclic) bond motifs is 1. The summed E-state index contributed by atoms with van der Waals surface area (Å²) in [5.41, 5.74) is 3.08. The van der Waals surface area contributed by atoms with Gasteiger partial charge < -0.3 is 26.2 Å². The quantitative estimate of drug-likeness (QED) is 0.498. The minimum atomic E-state index is -2.74. The van der Waals surface area contributed by atoms with Gasteiger partial charge in [-0.05, 0) is 16.8 Å². The molecule has 26 heavy (non-hydrogen) atoms. The van der Waals surface area contributed by atoms with Crippen LogP contribution in [0.1, 0.15) is 23.2 Å². The third-order valence-electron chi connectivity index (χ3n) is 3.34. The van der Waals surface area contributed by atoms with Crippen molar-refractivity contribution in [3.05, 3.63) is 48.0 Å². The van der Waals surface area contributed by atoms with Crippen LogP contribution in [0, 0.1) is 0 Å². The molecule has 0 radical (unpaired) electrons. The average Bonchev–Trinajstić information content (AvgIpc) is 2.53. The molecule has 9 nitrogen and oxygen atoms in total. The Labute approximate surface area is 147 Å². The zero-order valence-corrected chi connectivity index (χ0v) is 13.5. The van der Waals surface area contributed by atoms with Crippen LogP contribution in [0.15, 0.2) is 42.5 Å². The van der Waals surface area contributed by atoms with Crippen LogP contribution in [0.4, 0.5) is 0 Å². The van der Waals surface area contributed by atoms with E-state index in [2.05, 4.69) is 0 Å². The Morgan fingerprint density at radius 3 is 1.81 bits per heavy atom. The van der Waals surface area contributed by atoms with E-state index in [0.717, 1.165) is 10.8 Å². The number of hydrogen-bond donors (Lipinski definition) is 5. The maximum atomic E-state index is 11.0. The fourth-order valence-electron chi connectivity index (χ4n) is 2.15. The molecule has 0 bridgehead atoms. The predicted octanol–water partition coefficient (Wildman–Crippen LogP) is 0.690. The van der Waals surface area contributed by atoms with E-state index in [0.29, 0.717) is 5.56 Å². The molecule has 0 atom stereocenters. The summed E-state index contributed by atoms with van der Waals surface area (Å²) in [6.07, 6.45) is -2.29. The number of rotatable bonds is 6. The van der Waals surface area contributed by atoms with Crippen LogP contribution in [0.3, 0.4) is 0 Å². The molecule has 0 unspecified atom stereocenters. The number of hydrogen-bond acceptors (Lipinski definition) is 5. The molecule has 0 fully saturated rings. The summed E-state index contributed by atoms with van der Waals surface area (Å²) in [7, 11) is 0. The topological polar surface area (TPSA) is 175 Å². The molecule has 2 rings (SSSR count). The normalized spacial score (nSPS) is 10.5. The number of nitrogens with two attached hydrogens (primary N) is 1. The Balaban J connectivity index is 0.000000260. The molecule has 9 heteroatoms. The first-order chi connectivity index (χ1) is 12.1. The number of benzene rings is 2. The molecule has 0 saturated carbocycles. The van der Waals surface area contributed by atoms with Gasteiger partial charge in [0.15, 0.2) is 5.60 Å². The first-order valence-electron chi connectivity index (χ1n) is 7.24. The van der Waals surface area contributed by atoms with E-state index < -0.39 is 36.4 Å². The van der Waals surface area contributed by atoms with Crippen LogP contribution >= 0.6 is 0 Å². The van der Waals surface area contributed by atoms with Crippen molar-refractivity contribution in [3.63, 3.8) is 0 Å². The van der Waals surface area contributed by atoms with Crippen molar-refractivity contribution < 1.29 is 39.6 Å². The molecule has 0 heterocycles. The van der Waals surface area contributed by atoms with Gasteiger partial charge in [-0.25, -0.2) is 4.79 Å². The SMILES string of the molecule is NC(=O)c1cccc2ccccc12.O=C(O)CC(O)(CC(=O)O)C(=O)O. The van der Waals surface area contributed by atoms with Gasteiger partial charge in [-0.2, -0.15) is 0 Å². The fourth-order valence-corrected chi connectivity index (χ4v) is 2.15. The Bertz CT molecular complexity index is 824. The van der Waals surface area contributed by atoms with Crippen LogP contribution in [-0.2, 0) is 14.4 Å². The Kier molecular flexibility index (Phi) is 6.79. The number of aliphatic carboxylic acids is 3. The number of aliphatic hydroxyl groups is 1. The first kappa shape index (κ1) is 20.6. The van der Waals surface area contributed by atoms with Crippen LogP contribution in [0.2, 0.25) is 0 Å². The van der Waals surface area contributed by atoms with Crippen LogP contribution < -0.4 is 5.73 Å². The van der Waals surface area contributed by atoms with Gasteiger partial charge in [0.1, 0.15) is 0 Å². The molecular weight excluding hydrogens is 346 g/mol. The minimum absolute atomic E-state index is 0.378. The summed E-state index contributed by atoms with van der Waals surface area (Å²) in [5.74, 6) is -5.40. The average molecular weight is 363 g/mol. The van der Waals surface area contributed by atoms with Gasteiger partial charge in [0, 0.05) is 5.56 Å². The van der Waals surface area contributed by atoms with Gasteiger partial charge >= 0.3 is 17.9 Å². The Morgan fingerprint density at radius 1 is 0.846 bits per heavy atom. The lowest BCUT2D eigenvalue weighted by Gasteiger charge is -2.18. The number of amides is 1. The van der Waals surface area contributed by atoms with Gasteiger partial charge in [0.2, 0.25) is 5.91 Å². The Morgan fingerprint density at radius 2 is 1.35 bits per heavy atom. The van der Waals surface area contributed by atoms with Crippen molar-refractivity contribution in [2.75, 3.05) is 0 Å². The van der Waals surface area contributed by atoms with E-state index in [1.807, 2.05) is 36.4 Å². The standard InChI is InChI=1S/C11H9NO.C6H8O7/c12-11(13)10-7-3-5-8-4-1-2-6-9(8)10;7-3(8)1-6(13,5(11)12)2-4(9)10/h1-7H,(H2,12,13);13H,1-2H2,(H,7,8)(H,9,10)(H,11,12). The van der Waals surface area contributed by atoms with Gasteiger partial charge in [0.05, 0.1) is 12.8 Å². The number of primary amides is 1. The molecule has 138 valence electrons. The predicted molar refractivity (Wildman–Crippen MR) is 89.6 cm³/mol. The second-order valence-corrected chi connectivity index (χ2v) is 5.37. The van der Waals surface area contributed by atoms with Gasteiger partial charge in [0.25, 0.3) is 0 Å². The highest BCUT2D eigenvalue weighted by Gasteiger charge is 2.40. The van der Waals surface area contributed by atoms with E-state index in [1.54, 1.807) is 6.07 Å². The molecule has 0 aliphatic carbocycles. The fraction of sp³-hybridized carbons (Fsp3) is 0.176. The first-order valence-corrected chi connectivity index (χ1v) is 7.24. The molecule has 6 N–H and O–H groups in total. The monoisotopic (exact) mass is 363 g/mol. The highest BCUT2D eigenvalue weighted by Crippen LogP contribution is 2.17. The van der Waals surface area contributed by atoms with Crippen molar-refractivity contribution in [1.82, 2.24) is 0 Å². The van der Waals surface area contributed by atoms with Crippen LogP contribution in [0.25, 0.3) is 10.8 Å². The lowest BCUT2D eigenvalue weighted by atomic mass is 9.96. The second kappa shape index (κ2) is 8.58. The van der Waals surface area contributed by atoms with Gasteiger partial charge in [-0.3, -0.25) is 14.4 Å². The van der Waals surface area contributed by atoms with Gasteiger partial charge in [-0.15, -0.1) is 0 Å². The molecule has 2 aromatic rings. The van der Waals surface area contributed by atoms with E-state index in [1.165, 1.54) is 0 Å². The van der Waals surface area contributed by atoms with E-state index in [9.17, 15) is 19.2 Å². The molecule has 0 aliphatic heterocycles. The Hall–Kier alpha value is -3.46. The largest absolute Gasteiger partial charge is 0.481 e. The minimum Gasteiger partial charge on any atom is -0.481 e. The third-order valence-corrected chi connectivity index (χ3v) is 3.34. The smallest absolute Gasteiger partial charge is 0.336 e. The number of carboxylic acids is 3. The molecular formula is C17H17NO8. The summed E-state index contributed by atoms with van der Waals surface area (Å²) in [6.45, 7) is 0. The van der Waals surface area contributed by atoms with Crippen molar-refractivity contribution in [2.24, 2.45) is 5.73 Å². The second-order valence-electron chi connectivity index (χ2n) is 5.37. The number of carbonyl (C=O) groups excluding carboxylic acids is 1. The molecule has 1 amide bonds. The summed E-state index contributed by atoms with van der Waals surface area (Å²) in [6, 6.07) is 13.2. The van der Waals surface area contributed by atoms with Crippen molar-refractivity contribution in [3.8, 4) is 0 Å². The molecule has 0 aliphatic rings. The van der Waals surface area contributed by atoms with Crippen molar-refractivity contribution in [2.45, 2.75) is 18.4 Å². The summed E-state index contributed by atoms with van der Waals surface area (Å²) < 4.78 is 0. The molecule has 0 aromatic heterocycles. The summed E-state index contributed by atoms with van der Waals surface area (Å²) >= 11 is 0. The van der Waals surface area contributed by atoms with Crippen LogP contribution in [-0.4, -0.2) is 49.8 Å². The summed E-state index contributed by atoms with van der Waals surface area (Å²) in [5, 5.41) is 35.8. The third kappa shape index (κ3) is 5.56. The zero-order valence-electron chi connectivity index (χ0n) is 13.5. The highest BCUT2D eigenvalue weighted by atomic mass is 16.4. The molecule has 2 aromatic carbocycles. The molecule has 0 saturated heterocycles. The number of carbonyl (C=O) groups is 4.